The second kappa shape index (κ2) is 6.54. The van der Waals surface area contributed by atoms with E-state index in [1.54, 1.807) is 24.3 Å². The maximum atomic E-state index is 12.7. The summed E-state index contributed by atoms with van der Waals surface area (Å²) in [6.45, 7) is 0.0121. The third-order valence-corrected chi connectivity index (χ3v) is 4.57. The number of alkyl halides is 3. The van der Waals surface area contributed by atoms with E-state index in [2.05, 4.69) is 0 Å². The second-order valence-corrected chi connectivity index (χ2v) is 5.97. The van der Waals surface area contributed by atoms with E-state index in [1.165, 1.54) is 6.07 Å². The van der Waals surface area contributed by atoms with Crippen molar-refractivity contribution in [1.29, 1.82) is 0 Å². The van der Waals surface area contributed by atoms with Crippen molar-refractivity contribution in [1.82, 2.24) is 5.32 Å². The number of halogens is 3. The molecule has 1 aromatic rings. The SMILES string of the molecule is COC(=O)C1(c2ccc3c(c2)OCO3)CC=CCC1NC(=O)C(F)(F)F. The van der Waals surface area contributed by atoms with Crippen LogP contribution in [0, 0.1) is 0 Å². The van der Waals surface area contributed by atoms with Crippen LogP contribution >= 0.6 is 0 Å². The highest BCUT2D eigenvalue weighted by molar-refractivity contribution is 5.88. The maximum Gasteiger partial charge on any atom is 0.471 e. The Morgan fingerprint density at radius 2 is 1.96 bits per heavy atom. The molecule has 0 bridgehead atoms. The summed E-state index contributed by atoms with van der Waals surface area (Å²) in [4.78, 5) is 24.2. The summed E-state index contributed by atoms with van der Waals surface area (Å²) in [6, 6.07) is 3.54. The van der Waals surface area contributed by atoms with Gasteiger partial charge in [0.25, 0.3) is 0 Å². The zero-order chi connectivity index (χ0) is 18.9. The molecule has 140 valence electrons. The van der Waals surface area contributed by atoms with Crippen LogP contribution in [-0.2, 0) is 19.7 Å². The lowest BCUT2D eigenvalue weighted by molar-refractivity contribution is -0.175. The van der Waals surface area contributed by atoms with Gasteiger partial charge in [0.05, 0.1) is 13.2 Å². The van der Waals surface area contributed by atoms with Gasteiger partial charge in [0.15, 0.2) is 11.5 Å². The number of allylic oxidation sites excluding steroid dienone is 1. The van der Waals surface area contributed by atoms with Crippen molar-refractivity contribution < 1.29 is 37.0 Å². The molecule has 0 saturated heterocycles. The lowest BCUT2D eigenvalue weighted by atomic mass is 9.68. The number of methoxy groups -OCH3 is 1. The summed E-state index contributed by atoms with van der Waals surface area (Å²) in [5.74, 6) is -2.00. The van der Waals surface area contributed by atoms with Gasteiger partial charge >= 0.3 is 18.1 Å². The molecule has 1 aliphatic heterocycles. The molecule has 9 heteroatoms. The summed E-state index contributed by atoms with van der Waals surface area (Å²) in [5.41, 5.74) is -1.13. The van der Waals surface area contributed by atoms with Crippen LogP contribution in [0.5, 0.6) is 11.5 Å². The molecule has 3 rings (SSSR count). The van der Waals surface area contributed by atoms with Crippen molar-refractivity contribution in [2.24, 2.45) is 0 Å². The number of rotatable bonds is 3. The van der Waals surface area contributed by atoms with Gasteiger partial charge in [-0.15, -0.1) is 0 Å². The zero-order valence-electron chi connectivity index (χ0n) is 13.8. The lowest BCUT2D eigenvalue weighted by Gasteiger charge is -2.40. The number of hydrogen-bond donors (Lipinski definition) is 1. The maximum absolute atomic E-state index is 12.7. The minimum absolute atomic E-state index is 0.0121. The smallest absolute Gasteiger partial charge is 0.468 e. The molecule has 1 N–H and O–H groups in total. The molecular formula is C17H16F3NO5. The van der Waals surface area contributed by atoms with Gasteiger partial charge in [-0.2, -0.15) is 13.2 Å². The Balaban J connectivity index is 2.06. The number of carbonyl (C=O) groups is 2. The Kier molecular flexibility index (Phi) is 4.55. The molecule has 0 spiro atoms. The molecule has 0 saturated carbocycles. The van der Waals surface area contributed by atoms with Gasteiger partial charge in [-0.3, -0.25) is 9.59 Å². The first-order valence-electron chi connectivity index (χ1n) is 7.80. The van der Waals surface area contributed by atoms with Crippen LogP contribution in [0.4, 0.5) is 13.2 Å². The lowest BCUT2D eigenvalue weighted by Crippen LogP contribution is -2.58. The predicted octanol–water partition coefficient (Wildman–Crippen LogP) is 2.22. The third-order valence-electron chi connectivity index (χ3n) is 4.57. The van der Waals surface area contributed by atoms with E-state index >= 15 is 0 Å². The van der Waals surface area contributed by atoms with Crippen molar-refractivity contribution >= 4 is 11.9 Å². The van der Waals surface area contributed by atoms with Crippen LogP contribution in [0.3, 0.4) is 0 Å². The van der Waals surface area contributed by atoms with Crippen LogP contribution in [0.1, 0.15) is 18.4 Å². The Morgan fingerprint density at radius 3 is 2.65 bits per heavy atom. The first kappa shape index (κ1) is 18.1. The normalized spacial score (nSPS) is 24.2. The molecule has 0 fully saturated rings. The minimum atomic E-state index is -5.06. The Hall–Kier alpha value is -2.71. The quantitative estimate of drug-likeness (QED) is 0.652. The van der Waals surface area contributed by atoms with E-state index in [9.17, 15) is 22.8 Å². The number of ether oxygens (including phenoxy) is 3. The number of esters is 1. The molecule has 1 aliphatic carbocycles. The zero-order valence-corrected chi connectivity index (χ0v) is 13.8. The largest absolute Gasteiger partial charge is 0.471 e. The van der Waals surface area contributed by atoms with Crippen LogP contribution in [0.25, 0.3) is 0 Å². The van der Waals surface area contributed by atoms with Crippen molar-refractivity contribution in [2.45, 2.75) is 30.5 Å². The summed E-state index contributed by atoms with van der Waals surface area (Å²) in [6.07, 6.45) is -1.64. The van der Waals surface area contributed by atoms with E-state index < -0.39 is 29.5 Å². The number of amides is 1. The highest BCUT2D eigenvalue weighted by atomic mass is 19.4. The fourth-order valence-corrected chi connectivity index (χ4v) is 3.29. The summed E-state index contributed by atoms with van der Waals surface area (Å²) in [7, 11) is 1.15. The monoisotopic (exact) mass is 371 g/mol. The Bertz CT molecular complexity index is 761. The van der Waals surface area contributed by atoms with Gasteiger partial charge in [0.2, 0.25) is 6.79 Å². The molecule has 6 nitrogen and oxygen atoms in total. The number of carbonyl (C=O) groups excluding carboxylic acids is 2. The topological polar surface area (TPSA) is 73.9 Å². The van der Waals surface area contributed by atoms with Gasteiger partial charge in [-0.25, -0.2) is 0 Å². The van der Waals surface area contributed by atoms with Gasteiger partial charge in [0.1, 0.15) is 5.41 Å². The number of nitrogens with one attached hydrogen (secondary N) is 1. The number of fused-ring (bicyclic) bond motifs is 1. The first-order chi connectivity index (χ1) is 12.3. The molecule has 1 heterocycles. The first-order valence-corrected chi connectivity index (χ1v) is 7.80. The molecular weight excluding hydrogens is 355 g/mol. The third kappa shape index (κ3) is 2.97. The summed E-state index contributed by atoms with van der Waals surface area (Å²) < 4.78 is 53.6. The van der Waals surface area contributed by atoms with Gasteiger partial charge in [-0.1, -0.05) is 18.2 Å². The van der Waals surface area contributed by atoms with Crippen molar-refractivity contribution in [3.8, 4) is 11.5 Å². The van der Waals surface area contributed by atoms with Crippen molar-refractivity contribution in [3.63, 3.8) is 0 Å². The molecule has 0 radical (unpaired) electrons. The molecule has 1 aromatic carbocycles. The van der Waals surface area contributed by atoms with Crippen molar-refractivity contribution in [3.05, 3.63) is 35.9 Å². The Labute approximate surface area is 146 Å². The predicted molar refractivity (Wildman–Crippen MR) is 82.6 cm³/mol. The minimum Gasteiger partial charge on any atom is -0.468 e. The van der Waals surface area contributed by atoms with Gasteiger partial charge < -0.3 is 19.5 Å². The van der Waals surface area contributed by atoms with Crippen molar-refractivity contribution in [2.75, 3.05) is 13.9 Å². The fourth-order valence-electron chi connectivity index (χ4n) is 3.29. The number of benzene rings is 1. The van der Waals surface area contributed by atoms with Gasteiger partial charge in [-0.05, 0) is 30.5 Å². The Morgan fingerprint density at radius 1 is 1.23 bits per heavy atom. The highest BCUT2D eigenvalue weighted by Crippen LogP contribution is 2.43. The van der Waals surface area contributed by atoms with Gasteiger partial charge in [0, 0.05) is 0 Å². The van der Waals surface area contributed by atoms with Crippen LogP contribution in [0.15, 0.2) is 30.4 Å². The molecule has 2 aliphatic rings. The average molecular weight is 371 g/mol. The van der Waals surface area contributed by atoms with E-state index in [0.29, 0.717) is 17.1 Å². The van der Waals surface area contributed by atoms with E-state index in [1.807, 2.05) is 5.32 Å². The summed E-state index contributed by atoms with van der Waals surface area (Å²) in [5, 5.41) is 1.94. The molecule has 1 amide bonds. The average Bonchev–Trinajstić information content (AvgIpc) is 3.08. The molecule has 2 atom stereocenters. The van der Waals surface area contributed by atoms with E-state index in [0.717, 1.165) is 7.11 Å². The highest BCUT2D eigenvalue weighted by Gasteiger charge is 2.52. The van der Waals surface area contributed by atoms with Crippen LogP contribution in [0.2, 0.25) is 0 Å². The van der Waals surface area contributed by atoms with E-state index in [-0.39, 0.29) is 19.6 Å². The molecule has 2 unspecified atom stereocenters. The van der Waals surface area contributed by atoms with E-state index in [4.69, 9.17) is 14.2 Å². The molecule has 0 aromatic heterocycles. The standard InChI is InChI=1S/C17H16F3NO5/c1-24-15(23)16(10-5-6-11-12(8-10)26-9-25-11)7-3-2-4-13(16)21-14(22)17(18,19)20/h2-3,5-6,8,13H,4,7,9H2,1H3,(H,21,22). The molecule has 26 heavy (non-hydrogen) atoms. The second-order valence-electron chi connectivity index (χ2n) is 5.97. The summed E-state index contributed by atoms with van der Waals surface area (Å²) >= 11 is 0. The number of hydrogen-bond acceptors (Lipinski definition) is 5. The van der Waals surface area contributed by atoms with Crippen LogP contribution in [-0.4, -0.2) is 38.0 Å². The van der Waals surface area contributed by atoms with Crippen LogP contribution < -0.4 is 14.8 Å². The fraction of sp³-hybridized carbons (Fsp3) is 0.412.